The van der Waals surface area contributed by atoms with E-state index in [2.05, 4.69) is 5.32 Å². The molecule has 1 aromatic carbocycles. The number of anilines is 1. The first-order valence-corrected chi connectivity index (χ1v) is 9.47. The van der Waals surface area contributed by atoms with Crippen molar-refractivity contribution in [3.8, 4) is 0 Å². The van der Waals surface area contributed by atoms with Gasteiger partial charge < -0.3 is 14.8 Å². The number of carbonyl (C=O) groups excluding carboxylic acids is 1. The summed E-state index contributed by atoms with van der Waals surface area (Å²) in [7, 11) is 0. The molecule has 4 aliphatic carbocycles. The predicted molar refractivity (Wildman–Crippen MR) is 97.8 cm³/mol. The van der Waals surface area contributed by atoms with E-state index in [9.17, 15) is 14.7 Å². The molecule has 1 amide bonds. The van der Waals surface area contributed by atoms with Crippen molar-refractivity contribution in [2.75, 3.05) is 5.32 Å². The van der Waals surface area contributed by atoms with Crippen LogP contribution in [0.5, 0.6) is 0 Å². The second-order valence-corrected chi connectivity index (χ2v) is 8.92. The van der Waals surface area contributed by atoms with Gasteiger partial charge in [0, 0.05) is 23.6 Å². The second kappa shape index (κ2) is 5.43. The molecule has 6 rings (SSSR count). The molecule has 0 spiro atoms. The average Bonchev–Trinajstić information content (AvgIpc) is 2.52. The standard InChI is InChI=1S/C21H23NO4/c23-18(22-16-2-3-17-15(6-16)1-4-19(24)26-17)11-20-7-13-5-14(8-20)10-21(25,9-13)12-20/h1-4,6,13-14,25H,5,7-12H2,(H,22,23). The topological polar surface area (TPSA) is 79.5 Å². The number of aliphatic hydroxyl groups is 1. The summed E-state index contributed by atoms with van der Waals surface area (Å²) >= 11 is 0. The van der Waals surface area contributed by atoms with Crippen molar-refractivity contribution in [3.63, 3.8) is 0 Å². The number of nitrogens with one attached hydrogen (secondary N) is 1. The minimum absolute atomic E-state index is 0.00674. The van der Waals surface area contributed by atoms with E-state index in [4.69, 9.17) is 4.42 Å². The summed E-state index contributed by atoms with van der Waals surface area (Å²) in [5, 5.41) is 14.6. The fraction of sp³-hybridized carbons (Fsp3) is 0.524. The van der Waals surface area contributed by atoms with Gasteiger partial charge in [0.25, 0.3) is 0 Å². The maximum Gasteiger partial charge on any atom is 0.336 e. The van der Waals surface area contributed by atoms with Crippen LogP contribution in [0.1, 0.15) is 44.9 Å². The van der Waals surface area contributed by atoms with E-state index < -0.39 is 5.60 Å². The van der Waals surface area contributed by atoms with Crippen LogP contribution < -0.4 is 10.9 Å². The summed E-state index contributed by atoms with van der Waals surface area (Å²) in [6.45, 7) is 0. The molecule has 1 aromatic heterocycles. The third-order valence-electron chi connectivity index (χ3n) is 6.59. The SMILES string of the molecule is O=C(CC12CC3CC(CC(O)(C3)C1)C2)Nc1ccc2oc(=O)ccc2c1. The Morgan fingerprint density at radius 3 is 2.65 bits per heavy atom. The summed E-state index contributed by atoms with van der Waals surface area (Å²) in [6.07, 6.45) is 6.45. The first-order chi connectivity index (χ1) is 12.4. The quantitative estimate of drug-likeness (QED) is 0.828. The third-order valence-corrected chi connectivity index (χ3v) is 6.59. The van der Waals surface area contributed by atoms with Crippen molar-refractivity contribution >= 4 is 22.6 Å². The van der Waals surface area contributed by atoms with Gasteiger partial charge in [0.1, 0.15) is 5.58 Å². The Balaban J connectivity index is 1.33. The molecule has 136 valence electrons. The molecule has 0 saturated heterocycles. The van der Waals surface area contributed by atoms with Gasteiger partial charge in [-0.2, -0.15) is 0 Å². The minimum Gasteiger partial charge on any atom is -0.423 e. The highest BCUT2D eigenvalue weighted by atomic mass is 16.4. The van der Waals surface area contributed by atoms with Crippen LogP contribution in [0.4, 0.5) is 5.69 Å². The highest BCUT2D eigenvalue weighted by Gasteiger charge is 2.57. The fourth-order valence-corrected chi connectivity index (χ4v) is 6.30. The molecule has 4 aliphatic rings. The Morgan fingerprint density at radius 2 is 1.92 bits per heavy atom. The summed E-state index contributed by atoms with van der Waals surface area (Å²) < 4.78 is 5.13. The zero-order valence-electron chi connectivity index (χ0n) is 14.7. The Labute approximate surface area is 151 Å². The highest BCUT2D eigenvalue weighted by Crippen LogP contribution is 2.62. The summed E-state index contributed by atoms with van der Waals surface area (Å²) in [4.78, 5) is 24.0. The Morgan fingerprint density at radius 1 is 1.15 bits per heavy atom. The number of benzene rings is 1. The zero-order chi connectivity index (χ0) is 17.9. The van der Waals surface area contributed by atoms with E-state index in [0.29, 0.717) is 29.5 Å². The number of hydrogen-bond acceptors (Lipinski definition) is 4. The van der Waals surface area contributed by atoms with E-state index in [1.807, 2.05) is 6.07 Å². The Kier molecular flexibility index (Phi) is 3.35. The number of fused-ring (bicyclic) bond motifs is 1. The highest BCUT2D eigenvalue weighted by molar-refractivity contribution is 5.93. The van der Waals surface area contributed by atoms with Crippen LogP contribution in [0.3, 0.4) is 0 Å². The summed E-state index contributed by atoms with van der Waals surface area (Å²) in [5.41, 5.74) is 0.268. The minimum atomic E-state index is -0.537. The molecule has 1 heterocycles. The maximum absolute atomic E-state index is 12.7. The lowest BCUT2D eigenvalue weighted by molar-refractivity contribution is -0.167. The van der Waals surface area contributed by atoms with Crippen molar-refractivity contribution in [1.29, 1.82) is 0 Å². The van der Waals surface area contributed by atoms with E-state index in [1.54, 1.807) is 18.2 Å². The molecule has 5 nitrogen and oxygen atoms in total. The molecule has 2 atom stereocenters. The molecular formula is C21H23NO4. The molecule has 2 aromatic rings. The molecule has 0 aliphatic heterocycles. The third kappa shape index (κ3) is 2.75. The van der Waals surface area contributed by atoms with Crippen molar-refractivity contribution < 1.29 is 14.3 Å². The monoisotopic (exact) mass is 353 g/mol. The molecule has 2 unspecified atom stereocenters. The number of carbonyl (C=O) groups is 1. The van der Waals surface area contributed by atoms with Gasteiger partial charge in [-0.1, -0.05) is 0 Å². The molecule has 4 saturated carbocycles. The lowest BCUT2D eigenvalue weighted by Gasteiger charge is -2.60. The van der Waals surface area contributed by atoms with Gasteiger partial charge in [-0.15, -0.1) is 0 Å². The van der Waals surface area contributed by atoms with Crippen molar-refractivity contribution in [2.45, 2.75) is 50.5 Å². The van der Waals surface area contributed by atoms with Crippen LogP contribution in [-0.4, -0.2) is 16.6 Å². The second-order valence-electron chi connectivity index (χ2n) is 8.92. The molecule has 5 heteroatoms. The summed E-state index contributed by atoms with van der Waals surface area (Å²) in [6, 6.07) is 8.37. The van der Waals surface area contributed by atoms with Gasteiger partial charge in [-0.25, -0.2) is 4.79 Å². The zero-order valence-corrected chi connectivity index (χ0v) is 14.7. The largest absolute Gasteiger partial charge is 0.423 e. The Bertz CT molecular complexity index is 932. The van der Waals surface area contributed by atoms with Gasteiger partial charge >= 0.3 is 5.63 Å². The first-order valence-electron chi connectivity index (χ1n) is 9.47. The molecule has 26 heavy (non-hydrogen) atoms. The Hall–Kier alpha value is -2.14. The van der Waals surface area contributed by atoms with Gasteiger partial charge in [0.05, 0.1) is 5.60 Å². The average molecular weight is 353 g/mol. The maximum atomic E-state index is 12.7. The van der Waals surface area contributed by atoms with Gasteiger partial charge in [-0.3, -0.25) is 4.79 Å². The van der Waals surface area contributed by atoms with E-state index in [-0.39, 0.29) is 16.9 Å². The van der Waals surface area contributed by atoms with Gasteiger partial charge in [0.2, 0.25) is 5.91 Å². The van der Waals surface area contributed by atoms with Crippen molar-refractivity contribution in [2.24, 2.45) is 17.3 Å². The van der Waals surface area contributed by atoms with Crippen LogP contribution >= 0.6 is 0 Å². The van der Waals surface area contributed by atoms with E-state index >= 15 is 0 Å². The van der Waals surface area contributed by atoms with Crippen LogP contribution in [0.25, 0.3) is 11.0 Å². The smallest absolute Gasteiger partial charge is 0.336 e. The van der Waals surface area contributed by atoms with Crippen LogP contribution in [0.15, 0.2) is 39.5 Å². The van der Waals surface area contributed by atoms with Gasteiger partial charge in [-0.05, 0) is 80.0 Å². The number of rotatable bonds is 3. The molecule has 4 bridgehead atoms. The van der Waals surface area contributed by atoms with E-state index in [0.717, 1.165) is 37.5 Å². The number of amides is 1. The fourth-order valence-electron chi connectivity index (χ4n) is 6.30. The van der Waals surface area contributed by atoms with Crippen molar-refractivity contribution in [3.05, 3.63) is 40.8 Å². The lowest BCUT2D eigenvalue weighted by atomic mass is 9.47. The lowest BCUT2D eigenvalue weighted by Crippen LogP contribution is -2.56. The van der Waals surface area contributed by atoms with Crippen molar-refractivity contribution in [1.82, 2.24) is 0 Å². The summed E-state index contributed by atoms with van der Waals surface area (Å²) in [5.74, 6) is 1.17. The molecule has 4 fully saturated rings. The number of hydrogen-bond donors (Lipinski definition) is 2. The predicted octanol–water partition coefficient (Wildman–Crippen LogP) is 3.45. The normalized spacial score (nSPS) is 35.0. The molecular weight excluding hydrogens is 330 g/mol. The van der Waals surface area contributed by atoms with E-state index in [1.165, 1.54) is 12.5 Å². The van der Waals surface area contributed by atoms with Crippen LogP contribution in [0.2, 0.25) is 0 Å². The van der Waals surface area contributed by atoms with Crippen LogP contribution in [0, 0.1) is 17.3 Å². The molecule has 2 N–H and O–H groups in total. The molecule has 0 radical (unpaired) electrons. The van der Waals surface area contributed by atoms with Crippen LogP contribution in [-0.2, 0) is 4.79 Å². The van der Waals surface area contributed by atoms with Gasteiger partial charge in [0.15, 0.2) is 0 Å². The first kappa shape index (κ1) is 16.1.